The fourth-order valence-corrected chi connectivity index (χ4v) is 2.26. The molecule has 0 amide bonds. The molecule has 1 rings (SSSR count). The summed E-state index contributed by atoms with van der Waals surface area (Å²) in [6.07, 6.45) is -1.36. The van der Waals surface area contributed by atoms with E-state index in [1.807, 2.05) is 0 Å². The molecule has 0 aromatic carbocycles. The van der Waals surface area contributed by atoms with Gasteiger partial charge in [-0.3, -0.25) is 0 Å². The molecule has 0 bridgehead atoms. The molecular weight excluding hydrogens is 217 g/mol. The van der Waals surface area contributed by atoms with Crippen molar-refractivity contribution in [3.63, 3.8) is 0 Å². The molecule has 0 heterocycles. The van der Waals surface area contributed by atoms with Crippen molar-refractivity contribution in [1.29, 1.82) is 5.26 Å². The number of halogens is 3. The lowest BCUT2D eigenvalue weighted by Crippen LogP contribution is -2.44. The first-order valence-corrected chi connectivity index (χ1v) is 5.65. The number of nitriles is 1. The van der Waals surface area contributed by atoms with Gasteiger partial charge in [-0.2, -0.15) is 18.4 Å². The van der Waals surface area contributed by atoms with E-state index in [-0.39, 0.29) is 12.0 Å². The van der Waals surface area contributed by atoms with E-state index in [0.29, 0.717) is 0 Å². The average Bonchev–Trinajstić information content (AvgIpc) is 2.15. The topological polar surface area (TPSA) is 35.8 Å². The molecule has 1 N–H and O–H groups in total. The van der Waals surface area contributed by atoms with Crippen LogP contribution in [-0.4, -0.2) is 18.3 Å². The molecule has 16 heavy (non-hydrogen) atoms. The third kappa shape index (κ3) is 4.40. The molecule has 92 valence electrons. The fraction of sp³-hybridized carbons (Fsp3) is 0.909. The molecule has 1 saturated carbocycles. The van der Waals surface area contributed by atoms with E-state index in [0.717, 1.165) is 25.7 Å². The van der Waals surface area contributed by atoms with Crippen LogP contribution in [0.2, 0.25) is 0 Å². The van der Waals surface area contributed by atoms with Crippen LogP contribution in [0.1, 0.15) is 39.0 Å². The maximum atomic E-state index is 12.1. The Balaban J connectivity index is 2.43. The summed E-state index contributed by atoms with van der Waals surface area (Å²) < 4.78 is 36.4. The first-order valence-electron chi connectivity index (χ1n) is 5.65. The second-order valence-corrected chi connectivity index (χ2v) is 4.51. The van der Waals surface area contributed by atoms with Gasteiger partial charge in [0, 0.05) is 12.1 Å². The summed E-state index contributed by atoms with van der Waals surface area (Å²) in [4.78, 5) is 0. The highest BCUT2D eigenvalue weighted by molar-refractivity contribution is 4.95. The van der Waals surface area contributed by atoms with Crippen LogP contribution in [-0.2, 0) is 0 Å². The third-order valence-electron chi connectivity index (χ3n) is 2.97. The predicted molar refractivity (Wildman–Crippen MR) is 54.6 cm³/mol. The number of alkyl halides is 3. The summed E-state index contributed by atoms with van der Waals surface area (Å²) >= 11 is 0. The third-order valence-corrected chi connectivity index (χ3v) is 2.97. The zero-order valence-electron chi connectivity index (χ0n) is 9.35. The Morgan fingerprint density at radius 1 is 1.38 bits per heavy atom. The van der Waals surface area contributed by atoms with Crippen LogP contribution in [0.3, 0.4) is 0 Å². The molecule has 0 aromatic rings. The highest BCUT2D eigenvalue weighted by atomic mass is 19.4. The normalized spacial score (nSPS) is 28.4. The van der Waals surface area contributed by atoms with Gasteiger partial charge in [-0.15, -0.1) is 0 Å². The number of nitrogens with zero attached hydrogens (tertiary/aromatic N) is 1. The summed E-state index contributed by atoms with van der Waals surface area (Å²) in [7, 11) is 0. The van der Waals surface area contributed by atoms with Crippen molar-refractivity contribution >= 4 is 0 Å². The van der Waals surface area contributed by atoms with Crippen LogP contribution < -0.4 is 5.32 Å². The maximum absolute atomic E-state index is 12.1. The summed E-state index contributed by atoms with van der Waals surface area (Å²) in [5.41, 5.74) is 0. The minimum Gasteiger partial charge on any atom is -0.310 e. The molecule has 0 aromatic heterocycles. The Kier molecular flexibility index (Phi) is 4.60. The highest BCUT2D eigenvalue weighted by Crippen LogP contribution is 2.26. The molecule has 5 heteroatoms. The number of hydrogen-bond acceptors (Lipinski definition) is 2. The molecule has 0 saturated heterocycles. The molecular formula is C11H17F3N2. The van der Waals surface area contributed by atoms with Gasteiger partial charge in [-0.25, -0.2) is 0 Å². The van der Waals surface area contributed by atoms with E-state index in [1.165, 1.54) is 6.92 Å². The molecule has 0 radical (unpaired) electrons. The van der Waals surface area contributed by atoms with Gasteiger partial charge in [0.25, 0.3) is 0 Å². The van der Waals surface area contributed by atoms with Gasteiger partial charge in [0.1, 0.15) is 0 Å². The van der Waals surface area contributed by atoms with Crippen molar-refractivity contribution < 1.29 is 13.2 Å². The maximum Gasteiger partial charge on any atom is 0.390 e. The van der Waals surface area contributed by atoms with Crippen LogP contribution in [0, 0.1) is 17.2 Å². The van der Waals surface area contributed by atoms with Gasteiger partial charge in [-0.05, 0) is 19.8 Å². The van der Waals surface area contributed by atoms with Gasteiger partial charge >= 0.3 is 6.18 Å². The summed E-state index contributed by atoms with van der Waals surface area (Å²) in [5, 5.41) is 11.8. The molecule has 3 atom stereocenters. The molecule has 3 unspecified atom stereocenters. The van der Waals surface area contributed by atoms with Crippen molar-refractivity contribution in [3.05, 3.63) is 0 Å². The van der Waals surface area contributed by atoms with E-state index in [9.17, 15) is 13.2 Å². The SMILES string of the molecule is CC(CC(F)(F)F)NC1CCCCC1C#N. The second kappa shape index (κ2) is 5.53. The van der Waals surface area contributed by atoms with Gasteiger partial charge in [0.15, 0.2) is 0 Å². The van der Waals surface area contributed by atoms with E-state index in [4.69, 9.17) is 5.26 Å². The summed E-state index contributed by atoms with van der Waals surface area (Å²) in [5.74, 6) is -0.135. The van der Waals surface area contributed by atoms with Crippen molar-refractivity contribution in [2.75, 3.05) is 0 Å². The second-order valence-electron chi connectivity index (χ2n) is 4.51. The van der Waals surface area contributed by atoms with Crippen LogP contribution in [0.4, 0.5) is 13.2 Å². The van der Waals surface area contributed by atoms with Crippen molar-refractivity contribution in [1.82, 2.24) is 5.32 Å². The summed E-state index contributed by atoms with van der Waals surface area (Å²) in [6, 6.07) is 1.49. The Labute approximate surface area is 93.8 Å². The first kappa shape index (κ1) is 13.3. The average molecular weight is 234 g/mol. The van der Waals surface area contributed by atoms with Gasteiger partial charge in [-0.1, -0.05) is 12.8 Å². The fourth-order valence-electron chi connectivity index (χ4n) is 2.26. The van der Waals surface area contributed by atoms with Crippen LogP contribution in [0.25, 0.3) is 0 Å². The van der Waals surface area contributed by atoms with Gasteiger partial charge in [0.05, 0.1) is 18.4 Å². The lowest BCUT2D eigenvalue weighted by Gasteiger charge is -2.30. The Morgan fingerprint density at radius 2 is 2.00 bits per heavy atom. The van der Waals surface area contributed by atoms with E-state index < -0.39 is 18.6 Å². The largest absolute Gasteiger partial charge is 0.390 e. The zero-order chi connectivity index (χ0) is 12.2. The standard InChI is InChI=1S/C11H17F3N2/c1-8(6-11(12,13)14)16-10-5-3-2-4-9(10)7-15/h8-10,16H,2-6H2,1H3. The molecule has 1 aliphatic carbocycles. The van der Waals surface area contributed by atoms with Crippen molar-refractivity contribution in [3.8, 4) is 6.07 Å². The first-order chi connectivity index (χ1) is 7.42. The highest BCUT2D eigenvalue weighted by Gasteiger charge is 2.32. The molecule has 1 fully saturated rings. The van der Waals surface area contributed by atoms with Crippen LogP contribution in [0.5, 0.6) is 0 Å². The Morgan fingerprint density at radius 3 is 2.56 bits per heavy atom. The quantitative estimate of drug-likeness (QED) is 0.814. The molecule has 0 spiro atoms. The number of nitrogens with one attached hydrogen (secondary N) is 1. The molecule has 1 aliphatic rings. The Bertz CT molecular complexity index is 257. The Hall–Kier alpha value is -0.760. The molecule has 2 nitrogen and oxygen atoms in total. The summed E-state index contributed by atoms with van der Waals surface area (Å²) in [6.45, 7) is 1.52. The minimum absolute atomic E-state index is 0.0731. The van der Waals surface area contributed by atoms with E-state index in [2.05, 4.69) is 11.4 Å². The van der Waals surface area contributed by atoms with Crippen molar-refractivity contribution in [2.24, 2.45) is 5.92 Å². The van der Waals surface area contributed by atoms with Crippen LogP contribution in [0.15, 0.2) is 0 Å². The van der Waals surface area contributed by atoms with Crippen LogP contribution >= 0.6 is 0 Å². The lowest BCUT2D eigenvalue weighted by atomic mass is 9.85. The van der Waals surface area contributed by atoms with Crippen molar-refractivity contribution in [2.45, 2.75) is 57.3 Å². The smallest absolute Gasteiger partial charge is 0.310 e. The minimum atomic E-state index is -4.14. The zero-order valence-corrected chi connectivity index (χ0v) is 9.35. The molecule has 0 aliphatic heterocycles. The lowest BCUT2D eigenvalue weighted by molar-refractivity contribution is -0.139. The monoisotopic (exact) mass is 234 g/mol. The number of rotatable bonds is 3. The van der Waals surface area contributed by atoms with Gasteiger partial charge in [0.2, 0.25) is 0 Å². The van der Waals surface area contributed by atoms with Gasteiger partial charge < -0.3 is 5.32 Å². The van der Waals surface area contributed by atoms with E-state index in [1.54, 1.807) is 0 Å². The predicted octanol–water partition coefficient (Wildman–Crippen LogP) is 3.00. The van der Waals surface area contributed by atoms with E-state index >= 15 is 0 Å². The number of hydrogen-bond donors (Lipinski definition) is 1.